The van der Waals surface area contributed by atoms with E-state index in [0.29, 0.717) is 18.6 Å². The summed E-state index contributed by atoms with van der Waals surface area (Å²) in [6.07, 6.45) is 0.591. The Morgan fingerprint density at radius 2 is 1.83 bits per heavy atom. The van der Waals surface area contributed by atoms with Crippen molar-refractivity contribution in [3.63, 3.8) is 0 Å². The van der Waals surface area contributed by atoms with Crippen LogP contribution in [0.2, 0.25) is 0 Å². The Bertz CT molecular complexity index is 1280. The lowest BCUT2D eigenvalue weighted by Gasteiger charge is -2.11. The molecule has 1 aromatic heterocycles. The quantitative estimate of drug-likeness (QED) is 0.242. The second-order valence-electron chi connectivity index (χ2n) is 7.84. The number of aryl methyl sites for hydroxylation is 1. The van der Waals surface area contributed by atoms with Gasteiger partial charge in [-0.3, -0.25) is 14.4 Å². The fraction of sp³-hybridized carbons (Fsp3) is 0.231. The number of anilines is 1. The number of nitrogens with two attached hydrogens (primary N) is 1. The fourth-order valence-electron chi connectivity index (χ4n) is 3.42. The highest BCUT2D eigenvalue weighted by Crippen LogP contribution is 2.31. The number of phenols is 1. The number of phenolic OH excluding ortho intramolecular Hbond substituents is 1. The van der Waals surface area contributed by atoms with Gasteiger partial charge in [0.2, 0.25) is 0 Å². The standard InChI is InChI=1S/C26H26FN3O5/c1-3-35-23(32)5-4-12-29-26(34)18-9-10-21(30-25(18)28)19-14-16(7-11-22(19)31)24(33)17-8-6-15(2)13-20(17)27/h6-11,13-14,31H,3-5,12H2,1-2H3,(H2,28,30)(H,29,34). The Morgan fingerprint density at radius 3 is 2.51 bits per heavy atom. The molecule has 182 valence electrons. The summed E-state index contributed by atoms with van der Waals surface area (Å²) >= 11 is 0. The fourth-order valence-corrected chi connectivity index (χ4v) is 3.42. The van der Waals surface area contributed by atoms with Crippen LogP contribution in [-0.4, -0.2) is 40.9 Å². The molecule has 0 atom stereocenters. The number of hydrogen-bond donors (Lipinski definition) is 3. The van der Waals surface area contributed by atoms with Crippen LogP contribution in [0.3, 0.4) is 0 Å². The smallest absolute Gasteiger partial charge is 0.305 e. The predicted octanol–water partition coefficient (Wildman–Crippen LogP) is 3.79. The third-order valence-corrected chi connectivity index (χ3v) is 5.22. The van der Waals surface area contributed by atoms with Crippen molar-refractivity contribution in [1.82, 2.24) is 10.3 Å². The van der Waals surface area contributed by atoms with Gasteiger partial charge in [-0.25, -0.2) is 9.37 Å². The molecule has 0 saturated heterocycles. The largest absolute Gasteiger partial charge is 0.507 e. The van der Waals surface area contributed by atoms with Crippen LogP contribution in [0.25, 0.3) is 11.3 Å². The minimum Gasteiger partial charge on any atom is -0.507 e. The number of pyridine rings is 1. The SMILES string of the molecule is CCOC(=O)CCCNC(=O)c1ccc(-c2cc(C(=O)c3ccc(C)cc3F)ccc2O)nc1N. The van der Waals surface area contributed by atoms with Crippen LogP contribution in [0.5, 0.6) is 5.75 Å². The zero-order chi connectivity index (χ0) is 25.5. The van der Waals surface area contributed by atoms with E-state index in [-0.39, 0.29) is 58.4 Å². The van der Waals surface area contributed by atoms with Crippen molar-refractivity contribution in [2.75, 3.05) is 18.9 Å². The van der Waals surface area contributed by atoms with E-state index in [2.05, 4.69) is 10.3 Å². The number of esters is 1. The topological polar surface area (TPSA) is 132 Å². The molecule has 2 aromatic carbocycles. The maximum absolute atomic E-state index is 14.3. The number of carbonyl (C=O) groups excluding carboxylic acids is 3. The highest BCUT2D eigenvalue weighted by atomic mass is 19.1. The van der Waals surface area contributed by atoms with E-state index in [1.807, 2.05) is 0 Å². The minimum atomic E-state index is -0.635. The lowest BCUT2D eigenvalue weighted by molar-refractivity contribution is -0.143. The first-order chi connectivity index (χ1) is 16.7. The monoisotopic (exact) mass is 479 g/mol. The Balaban J connectivity index is 1.77. The van der Waals surface area contributed by atoms with Crippen LogP contribution in [0.4, 0.5) is 10.2 Å². The van der Waals surface area contributed by atoms with Gasteiger partial charge in [0, 0.05) is 24.1 Å². The van der Waals surface area contributed by atoms with Gasteiger partial charge in [-0.2, -0.15) is 0 Å². The summed E-state index contributed by atoms with van der Waals surface area (Å²) < 4.78 is 19.1. The van der Waals surface area contributed by atoms with Gasteiger partial charge in [0.15, 0.2) is 5.78 Å². The van der Waals surface area contributed by atoms with Gasteiger partial charge in [0.25, 0.3) is 5.91 Å². The second kappa shape index (κ2) is 11.2. The van der Waals surface area contributed by atoms with Crippen LogP contribution >= 0.6 is 0 Å². The normalized spacial score (nSPS) is 10.6. The molecular formula is C26H26FN3O5. The molecule has 0 bridgehead atoms. The molecule has 8 nitrogen and oxygen atoms in total. The highest BCUT2D eigenvalue weighted by Gasteiger charge is 2.18. The van der Waals surface area contributed by atoms with E-state index in [4.69, 9.17) is 10.5 Å². The number of ketones is 1. The first-order valence-corrected chi connectivity index (χ1v) is 11.1. The van der Waals surface area contributed by atoms with E-state index < -0.39 is 17.5 Å². The molecule has 1 amide bonds. The molecule has 9 heteroatoms. The molecule has 0 saturated carbocycles. The molecule has 4 N–H and O–H groups in total. The van der Waals surface area contributed by atoms with E-state index in [1.165, 1.54) is 42.5 Å². The van der Waals surface area contributed by atoms with E-state index in [1.54, 1.807) is 19.9 Å². The predicted molar refractivity (Wildman–Crippen MR) is 129 cm³/mol. The molecule has 0 spiro atoms. The summed E-state index contributed by atoms with van der Waals surface area (Å²) in [4.78, 5) is 40.8. The Morgan fingerprint density at radius 1 is 1.09 bits per heavy atom. The minimum absolute atomic E-state index is 0.0777. The van der Waals surface area contributed by atoms with Gasteiger partial charge >= 0.3 is 5.97 Å². The third kappa shape index (κ3) is 6.20. The number of nitrogen functional groups attached to an aromatic ring is 1. The molecule has 0 radical (unpaired) electrons. The number of aromatic nitrogens is 1. The van der Waals surface area contributed by atoms with Crippen molar-refractivity contribution in [3.8, 4) is 17.0 Å². The molecule has 0 fully saturated rings. The van der Waals surface area contributed by atoms with Crippen LogP contribution in [-0.2, 0) is 9.53 Å². The third-order valence-electron chi connectivity index (χ3n) is 5.22. The average Bonchev–Trinajstić information content (AvgIpc) is 2.81. The second-order valence-corrected chi connectivity index (χ2v) is 7.84. The Kier molecular flexibility index (Phi) is 8.14. The summed E-state index contributed by atoms with van der Waals surface area (Å²) in [6, 6.07) is 11.4. The number of rotatable bonds is 9. The van der Waals surface area contributed by atoms with Gasteiger partial charge in [0.1, 0.15) is 17.4 Å². The van der Waals surface area contributed by atoms with Gasteiger partial charge in [-0.1, -0.05) is 6.07 Å². The highest BCUT2D eigenvalue weighted by molar-refractivity contribution is 6.10. The first-order valence-electron chi connectivity index (χ1n) is 11.1. The molecule has 3 rings (SSSR count). The van der Waals surface area contributed by atoms with Crippen molar-refractivity contribution >= 4 is 23.5 Å². The Hall–Kier alpha value is -4.27. The number of hydrogen-bond acceptors (Lipinski definition) is 7. The number of amides is 1. The first kappa shape index (κ1) is 25.4. The van der Waals surface area contributed by atoms with Crippen LogP contribution in [0, 0.1) is 12.7 Å². The van der Waals surface area contributed by atoms with Gasteiger partial charge in [-0.05, 0) is 68.3 Å². The van der Waals surface area contributed by atoms with E-state index in [9.17, 15) is 23.9 Å². The van der Waals surface area contributed by atoms with Crippen LogP contribution in [0.1, 0.15) is 51.6 Å². The molecule has 1 heterocycles. The number of aromatic hydroxyl groups is 1. The summed E-state index contributed by atoms with van der Waals surface area (Å²) in [7, 11) is 0. The maximum atomic E-state index is 14.3. The van der Waals surface area contributed by atoms with Crippen molar-refractivity contribution in [1.29, 1.82) is 0 Å². The van der Waals surface area contributed by atoms with Crippen LogP contribution < -0.4 is 11.1 Å². The van der Waals surface area contributed by atoms with E-state index >= 15 is 0 Å². The van der Waals surface area contributed by atoms with Crippen molar-refractivity contribution in [2.24, 2.45) is 0 Å². The van der Waals surface area contributed by atoms with Gasteiger partial charge in [0.05, 0.1) is 23.4 Å². The molecule has 0 aliphatic heterocycles. The molecule has 0 unspecified atom stereocenters. The number of nitrogens with one attached hydrogen (secondary N) is 1. The zero-order valence-electron chi connectivity index (χ0n) is 19.4. The van der Waals surface area contributed by atoms with Crippen molar-refractivity contribution in [3.05, 3.63) is 76.6 Å². The maximum Gasteiger partial charge on any atom is 0.305 e. The summed E-state index contributed by atoms with van der Waals surface area (Å²) in [5.41, 5.74) is 7.30. The number of ether oxygens (including phenoxy) is 1. The molecule has 0 aliphatic carbocycles. The molecule has 3 aromatic rings. The lowest BCUT2D eigenvalue weighted by atomic mass is 9.98. The molecular weight excluding hydrogens is 453 g/mol. The number of carbonyl (C=O) groups is 3. The summed E-state index contributed by atoms with van der Waals surface area (Å²) in [5.74, 6) is -2.22. The summed E-state index contributed by atoms with van der Waals surface area (Å²) in [5, 5.41) is 13.0. The van der Waals surface area contributed by atoms with Crippen LogP contribution in [0.15, 0.2) is 48.5 Å². The number of nitrogens with zero attached hydrogens (tertiary/aromatic N) is 1. The molecule has 0 aliphatic rings. The zero-order valence-corrected chi connectivity index (χ0v) is 19.4. The van der Waals surface area contributed by atoms with Crippen molar-refractivity contribution < 1.29 is 28.6 Å². The molecule has 35 heavy (non-hydrogen) atoms. The lowest BCUT2D eigenvalue weighted by Crippen LogP contribution is -2.26. The van der Waals surface area contributed by atoms with Crippen molar-refractivity contribution in [2.45, 2.75) is 26.7 Å². The number of benzene rings is 2. The van der Waals surface area contributed by atoms with Gasteiger partial charge in [-0.15, -0.1) is 0 Å². The number of halogens is 1. The van der Waals surface area contributed by atoms with Gasteiger partial charge < -0.3 is 20.9 Å². The summed E-state index contributed by atoms with van der Waals surface area (Å²) in [6.45, 7) is 3.99. The Labute approximate surface area is 201 Å². The average molecular weight is 480 g/mol. The van der Waals surface area contributed by atoms with E-state index in [0.717, 1.165) is 0 Å².